The van der Waals surface area contributed by atoms with Crippen LogP contribution in [0, 0.1) is 10.8 Å². The first-order chi connectivity index (χ1) is 29.7. The second-order valence-electron chi connectivity index (χ2n) is 15.5. The summed E-state index contributed by atoms with van der Waals surface area (Å²) in [6.45, 7) is -0.106. The predicted octanol–water partition coefficient (Wildman–Crippen LogP) is 3.00. The number of phenolic OH excluding ortho intramolecular Hbond substituents is 2. The fourth-order valence-corrected chi connectivity index (χ4v) is 8.66. The van der Waals surface area contributed by atoms with E-state index in [0.29, 0.717) is 29.9 Å². The van der Waals surface area contributed by atoms with Crippen LogP contribution in [0.3, 0.4) is 0 Å². The first kappa shape index (κ1) is 42.3. The summed E-state index contributed by atoms with van der Waals surface area (Å²) < 4.78 is 29.5. The zero-order valence-corrected chi connectivity index (χ0v) is 32.8. The summed E-state index contributed by atoms with van der Waals surface area (Å²) in [6, 6.07) is 12.9. The maximum atomic E-state index is 13.0. The molecule has 8 rings (SSSR count). The number of aliphatic hydroxyl groups is 6. The van der Waals surface area contributed by atoms with Gasteiger partial charge >= 0.3 is 5.97 Å². The summed E-state index contributed by atoms with van der Waals surface area (Å²) in [5.74, 6) is -4.24. The van der Waals surface area contributed by atoms with E-state index in [9.17, 15) is 50.8 Å². The van der Waals surface area contributed by atoms with Gasteiger partial charge in [-0.2, -0.15) is 0 Å². The maximum absolute atomic E-state index is 13.0. The number of nitrogens with one attached hydrogen (secondary N) is 1. The molecular formula is C43H44N4O15. The van der Waals surface area contributed by atoms with Gasteiger partial charge in [-0.25, -0.2) is 14.8 Å². The number of ether oxygens (including phenoxy) is 5. The molecule has 4 aliphatic heterocycles. The summed E-state index contributed by atoms with van der Waals surface area (Å²) in [6.07, 6.45) is -4.73. The highest BCUT2D eigenvalue weighted by Crippen LogP contribution is 2.55. The van der Waals surface area contributed by atoms with Gasteiger partial charge in [0.2, 0.25) is 18.3 Å². The number of carbonyl (C=O) groups is 1. The summed E-state index contributed by atoms with van der Waals surface area (Å²) in [4.78, 5) is 25.4. The van der Waals surface area contributed by atoms with Gasteiger partial charge in [-0.1, -0.05) is 43.5 Å². The molecule has 2 fully saturated rings. The van der Waals surface area contributed by atoms with Crippen molar-refractivity contribution in [1.29, 1.82) is 5.41 Å². The standard InChI is InChI=1S/C43H44N4O15/c44-32-12-11-25(47-32)27(50)19-58-24-9-7-21(8-10-24)28-16-26(49)33-29(59-28)17-30(36(34(33)51)61-40(56)22-5-4-6-23(48)15-22)60-41-35(52)37(53)43(57,38(62-41)39(54)55)42(13-2-1-3-14-42)31-18-45-20-46-31/h4-12,15-17,20,27-28,35,37-38,40-41,44,48-53,56-57H,1-3,13-14,18-19H2,(H,54,55)/t27-,28?,35+,37-,38+,40-,41+,43-/m0/s1. The second kappa shape index (κ2) is 16.8. The van der Waals surface area contributed by atoms with Crippen LogP contribution in [-0.2, 0) is 9.53 Å². The van der Waals surface area contributed by atoms with E-state index in [2.05, 4.69) is 15.0 Å². The van der Waals surface area contributed by atoms with Gasteiger partial charge in [-0.15, -0.1) is 0 Å². The average Bonchev–Trinajstić information content (AvgIpc) is 3.97. The van der Waals surface area contributed by atoms with Crippen LogP contribution in [0.25, 0.3) is 5.76 Å². The lowest BCUT2D eigenvalue weighted by molar-refractivity contribution is -0.326. The molecule has 326 valence electrons. The van der Waals surface area contributed by atoms with E-state index in [1.807, 2.05) is 0 Å². The minimum Gasteiger partial charge on any atom is -0.508 e. The van der Waals surface area contributed by atoms with Crippen molar-refractivity contribution in [2.45, 2.75) is 80.8 Å². The number of rotatable bonds is 13. The number of amidine groups is 1. The van der Waals surface area contributed by atoms with Crippen molar-refractivity contribution in [3.8, 4) is 34.5 Å². The Morgan fingerprint density at radius 1 is 1.00 bits per heavy atom. The normalized spacial score (nSPS) is 27.3. The molecule has 1 unspecified atom stereocenters. The summed E-state index contributed by atoms with van der Waals surface area (Å²) >= 11 is 0. The Kier molecular flexibility index (Phi) is 11.5. The largest absolute Gasteiger partial charge is 0.508 e. The molecule has 62 heavy (non-hydrogen) atoms. The van der Waals surface area contributed by atoms with Crippen molar-refractivity contribution in [3.63, 3.8) is 0 Å². The van der Waals surface area contributed by atoms with Crippen molar-refractivity contribution in [2.24, 2.45) is 20.4 Å². The highest BCUT2D eigenvalue weighted by Gasteiger charge is 2.69. The molecular weight excluding hydrogens is 812 g/mol. The molecule has 4 heterocycles. The van der Waals surface area contributed by atoms with Crippen LogP contribution in [0.1, 0.15) is 61.2 Å². The first-order valence-electron chi connectivity index (χ1n) is 19.8. The van der Waals surface area contributed by atoms with Crippen molar-refractivity contribution in [3.05, 3.63) is 89.5 Å². The van der Waals surface area contributed by atoms with E-state index < -0.39 is 83.1 Å². The molecule has 19 nitrogen and oxygen atoms in total. The maximum Gasteiger partial charge on any atom is 0.336 e. The number of fused-ring (bicyclic) bond motifs is 1. The van der Waals surface area contributed by atoms with E-state index in [0.717, 1.165) is 12.5 Å². The minimum atomic E-state index is -2.63. The first-order valence-corrected chi connectivity index (χ1v) is 19.8. The van der Waals surface area contributed by atoms with E-state index in [-0.39, 0.29) is 60.2 Å². The van der Waals surface area contributed by atoms with Crippen molar-refractivity contribution < 1.29 is 74.4 Å². The number of aliphatic hydroxyl groups excluding tert-OH is 5. The molecule has 0 spiro atoms. The number of aliphatic carboxylic acids is 1. The van der Waals surface area contributed by atoms with Gasteiger partial charge in [-0.3, -0.25) is 10.4 Å². The molecule has 19 heteroatoms. The van der Waals surface area contributed by atoms with Crippen molar-refractivity contribution >= 4 is 35.3 Å². The number of benzene rings is 3. The lowest BCUT2D eigenvalue weighted by atomic mass is 9.55. The monoisotopic (exact) mass is 856 g/mol. The number of carboxylic acids is 1. The summed E-state index contributed by atoms with van der Waals surface area (Å²) in [5.41, 5.74) is -3.25. The second-order valence-corrected chi connectivity index (χ2v) is 15.5. The Labute approximate surface area is 353 Å². The molecule has 1 aliphatic carbocycles. The van der Waals surface area contributed by atoms with Crippen LogP contribution in [-0.4, -0.2) is 125 Å². The number of carboxylic acid groups (broad SMARTS) is 1. The Hall–Kier alpha value is -6.35. The van der Waals surface area contributed by atoms with E-state index in [4.69, 9.17) is 29.1 Å². The molecule has 3 aromatic rings. The summed E-state index contributed by atoms with van der Waals surface area (Å²) in [5, 5.41) is 109. The molecule has 1 saturated heterocycles. The van der Waals surface area contributed by atoms with Crippen LogP contribution in [0.5, 0.6) is 34.5 Å². The van der Waals surface area contributed by atoms with Crippen LogP contribution in [0.2, 0.25) is 0 Å². The number of hydrogen-bond acceptors (Lipinski definition) is 17. The van der Waals surface area contributed by atoms with Gasteiger partial charge in [0.15, 0.2) is 17.6 Å². The van der Waals surface area contributed by atoms with Gasteiger partial charge in [-0.05, 0) is 54.8 Å². The molecule has 0 amide bonds. The lowest BCUT2D eigenvalue weighted by Crippen LogP contribution is -2.76. The van der Waals surface area contributed by atoms with E-state index in [1.54, 1.807) is 24.3 Å². The Balaban J connectivity index is 1.11. The van der Waals surface area contributed by atoms with Gasteiger partial charge in [0.25, 0.3) is 0 Å². The molecule has 5 aliphatic rings. The minimum absolute atomic E-state index is 0.0169. The fraction of sp³-hybridized carbons (Fsp3) is 0.372. The fourth-order valence-electron chi connectivity index (χ4n) is 8.66. The number of aromatic hydroxyl groups is 2. The third kappa shape index (κ3) is 7.63. The predicted molar refractivity (Wildman–Crippen MR) is 218 cm³/mol. The zero-order valence-electron chi connectivity index (χ0n) is 32.8. The van der Waals surface area contributed by atoms with Crippen molar-refractivity contribution in [2.75, 3.05) is 13.2 Å². The topological polar surface area (TPSA) is 306 Å². The summed E-state index contributed by atoms with van der Waals surface area (Å²) in [7, 11) is 0. The molecule has 8 atom stereocenters. The van der Waals surface area contributed by atoms with Gasteiger partial charge in [0, 0.05) is 23.1 Å². The Morgan fingerprint density at radius 2 is 1.76 bits per heavy atom. The number of phenols is 2. The third-order valence-corrected chi connectivity index (χ3v) is 11.8. The van der Waals surface area contributed by atoms with Crippen LogP contribution in [0.15, 0.2) is 87.8 Å². The van der Waals surface area contributed by atoms with Crippen LogP contribution < -0.4 is 18.9 Å². The van der Waals surface area contributed by atoms with E-state index in [1.165, 1.54) is 48.8 Å². The number of nitrogens with zero attached hydrogens (tertiary/aromatic N) is 3. The molecule has 10 N–H and O–H groups in total. The molecule has 1 saturated carbocycles. The van der Waals surface area contributed by atoms with Crippen LogP contribution in [0.4, 0.5) is 0 Å². The van der Waals surface area contributed by atoms with Crippen molar-refractivity contribution in [1.82, 2.24) is 0 Å². The molecule has 0 bridgehead atoms. The number of aliphatic imine (C=N–C) groups is 3. The van der Waals surface area contributed by atoms with Gasteiger partial charge in [0.1, 0.15) is 77.4 Å². The molecule has 3 aromatic carbocycles. The van der Waals surface area contributed by atoms with E-state index >= 15 is 0 Å². The third-order valence-electron chi connectivity index (χ3n) is 11.8. The highest BCUT2D eigenvalue weighted by atomic mass is 16.7. The van der Waals surface area contributed by atoms with Crippen LogP contribution >= 0.6 is 0 Å². The quantitative estimate of drug-likeness (QED) is 0.111. The highest BCUT2D eigenvalue weighted by molar-refractivity contribution is 6.15. The molecule has 0 radical (unpaired) electrons. The van der Waals surface area contributed by atoms with Gasteiger partial charge < -0.3 is 69.6 Å². The Morgan fingerprint density at radius 3 is 2.42 bits per heavy atom. The Bertz CT molecular complexity index is 2390. The van der Waals surface area contributed by atoms with Gasteiger partial charge in [0.05, 0.1) is 18.0 Å². The smallest absolute Gasteiger partial charge is 0.336 e. The molecule has 0 aromatic heterocycles. The number of hydrogen-bond donors (Lipinski definition) is 10. The average molecular weight is 857 g/mol. The SMILES string of the molecule is N=C1C=CC([C@@H](O)COc2ccc(C3C=C(O)c4c(cc(O[C@@H]5O[C@H](C(=O)O)[C@](O)(C6(C7=NC=NC7)CCCCC6)[C@@H](O)[C@H]5O)c(O[C@H](O)c5cccc(O)c5)c4O)O3)cc2)=N1. The lowest BCUT2D eigenvalue weighted by Gasteiger charge is -2.57. The zero-order chi connectivity index (χ0) is 43.9.